The number of nitrogens with two attached hydrogens (primary N) is 1. The van der Waals surface area contributed by atoms with Gasteiger partial charge in [-0.05, 0) is 68.6 Å². The number of nitrogens with one attached hydrogen (secondary N) is 1. The van der Waals surface area contributed by atoms with E-state index in [1.54, 1.807) is 20.2 Å². The fourth-order valence-corrected chi connectivity index (χ4v) is 6.41. The Morgan fingerprint density at radius 1 is 1.19 bits per heavy atom. The summed E-state index contributed by atoms with van der Waals surface area (Å²) in [7, 11) is 3.15. The maximum atomic E-state index is 13.8. The van der Waals surface area contributed by atoms with E-state index >= 15 is 0 Å². The number of rotatable bonds is 3. The predicted molar refractivity (Wildman–Crippen MR) is 130 cm³/mol. The molecule has 0 saturated heterocycles. The predicted octanol–water partition coefficient (Wildman–Crippen LogP) is 0.341. The number of phenolic OH excluding ortho intramolecular Hbond substituents is 1. The zero-order valence-electron chi connectivity index (χ0n) is 20.0. The minimum Gasteiger partial charge on any atom is -0.508 e. The SMILES string of the molecule is CN(C)[C@@H]1C(=O)C(C(N)=O)=C(O)[C@@]2(O)C(=O)C3=C(O)c4c(O)ccc(C5=CCNCC5)c4C[C@H]3C[C@@H]12. The van der Waals surface area contributed by atoms with E-state index in [9.17, 15) is 34.8 Å². The first-order chi connectivity index (χ1) is 17.0. The molecule has 7 N–H and O–H groups in total. The highest BCUT2D eigenvalue weighted by Crippen LogP contribution is 2.53. The van der Waals surface area contributed by atoms with Gasteiger partial charge in [0.2, 0.25) is 5.78 Å². The van der Waals surface area contributed by atoms with E-state index in [0.29, 0.717) is 12.1 Å². The molecule has 5 rings (SSSR count). The van der Waals surface area contributed by atoms with Crippen molar-refractivity contribution in [1.29, 1.82) is 0 Å². The molecule has 0 bridgehead atoms. The number of aliphatic hydroxyl groups is 3. The molecule has 190 valence electrons. The summed E-state index contributed by atoms with van der Waals surface area (Å²) in [6, 6.07) is 2.16. The molecule has 1 amide bonds. The molecule has 36 heavy (non-hydrogen) atoms. The van der Waals surface area contributed by atoms with Crippen molar-refractivity contribution in [3.8, 4) is 5.75 Å². The van der Waals surface area contributed by atoms with Crippen molar-refractivity contribution in [3.05, 3.63) is 51.8 Å². The number of aromatic hydroxyl groups is 1. The summed E-state index contributed by atoms with van der Waals surface area (Å²) in [4.78, 5) is 40.5. The van der Waals surface area contributed by atoms with Crippen molar-refractivity contribution in [1.82, 2.24) is 10.2 Å². The van der Waals surface area contributed by atoms with E-state index in [1.165, 1.54) is 11.0 Å². The summed E-state index contributed by atoms with van der Waals surface area (Å²) >= 11 is 0. The minimum absolute atomic E-state index is 0.0709. The van der Waals surface area contributed by atoms with Crippen molar-refractivity contribution in [2.75, 3.05) is 27.2 Å². The van der Waals surface area contributed by atoms with Crippen molar-refractivity contribution >= 4 is 28.8 Å². The lowest BCUT2D eigenvalue weighted by atomic mass is 9.57. The average Bonchev–Trinajstić information content (AvgIpc) is 2.81. The van der Waals surface area contributed by atoms with Gasteiger partial charge in [-0.3, -0.25) is 19.3 Å². The molecule has 0 aromatic heterocycles. The zero-order valence-corrected chi connectivity index (χ0v) is 20.0. The Labute approximate surface area is 207 Å². The molecule has 3 aliphatic carbocycles. The average molecular weight is 496 g/mol. The second kappa shape index (κ2) is 8.29. The van der Waals surface area contributed by atoms with Crippen LogP contribution < -0.4 is 11.1 Å². The molecule has 1 heterocycles. The number of Topliss-reactive ketones (excluding diaryl/α,β-unsaturated/α-hetero) is 2. The number of fused-ring (bicyclic) bond motifs is 3. The summed E-state index contributed by atoms with van der Waals surface area (Å²) in [5, 5.41) is 47.8. The number of hydrogen-bond acceptors (Lipinski definition) is 9. The summed E-state index contributed by atoms with van der Waals surface area (Å²) in [5.41, 5.74) is 4.48. The summed E-state index contributed by atoms with van der Waals surface area (Å²) in [6.45, 7) is 1.47. The van der Waals surface area contributed by atoms with Crippen LogP contribution in [0.3, 0.4) is 0 Å². The minimum atomic E-state index is -2.63. The van der Waals surface area contributed by atoms with Gasteiger partial charge in [-0.1, -0.05) is 12.1 Å². The number of carbonyl (C=O) groups excluding carboxylic acids is 3. The van der Waals surface area contributed by atoms with Crippen LogP contribution in [0.15, 0.2) is 35.1 Å². The molecular weight excluding hydrogens is 466 g/mol. The van der Waals surface area contributed by atoms with Crippen LogP contribution in [0.1, 0.15) is 29.5 Å². The lowest BCUT2D eigenvalue weighted by molar-refractivity contribution is -0.153. The lowest BCUT2D eigenvalue weighted by Crippen LogP contribution is -2.65. The van der Waals surface area contributed by atoms with Crippen molar-refractivity contribution in [2.45, 2.75) is 30.9 Å². The van der Waals surface area contributed by atoms with E-state index in [4.69, 9.17) is 5.73 Å². The van der Waals surface area contributed by atoms with Gasteiger partial charge in [-0.2, -0.15) is 0 Å². The summed E-state index contributed by atoms with van der Waals surface area (Å²) in [6.07, 6.45) is 3.16. The van der Waals surface area contributed by atoms with Gasteiger partial charge >= 0.3 is 0 Å². The molecule has 0 unspecified atom stereocenters. The number of hydrogen-bond donors (Lipinski definition) is 6. The normalized spacial score (nSPS) is 30.1. The molecule has 1 aromatic rings. The number of likely N-dealkylation sites (N-methyl/N-ethyl adjacent to an activating group) is 1. The van der Waals surface area contributed by atoms with E-state index in [2.05, 4.69) is 5.32 Å². The Balaban J connectivity index is 1.72. The second-order valence-corrected chi connectivity index (χ2v) is 10.1. The summed E-state index contributed by atoms with van der Waals surface area (Å²) in [5.74, 6) is -6.47. The Hall–Kier alpha value is -3.47. The van der Waals surface area contributed by atoms with Gasteiger partial charge in [0.15, 0.2) is 11.4 Å². The molecule has 4 atom stereocenters. The molecule has 1 fully saturated rings. The van der Waals surface area contributed by atoms with E-state index in [0.717, 1.165) is 24.1 Å². The quantitative estimate of drug-likeness (QED) is 0.323. The highest BCUT2D eigenvalue weighted by molar-refractivity contribution is 6.24. The fraction of sp³-hybridized carbons (Fsp3) is 0.423. The molecule has 1 aromatic carbocycles. The number of nitrogens with zero attached hydrogens (tertiary/aromatic N) is 1. The Bertz CT molecular complexity index is 1310. The van der Waals surface area contributed by atoms with Crippen LogP contribution >= 0.6 is 0 Å². The van der Waals surface area contributed by atoms with Crippen LogP contribution in [-0.2, 0) is 20.8 Å². The maximum absolute atomic E-state index is 13.8. The van der Waals surface area contributed by atoms with Crippen molar-refractivity contribution < 1.29 is 34.8 Å². The molecule has 10 heteroatoms. The lowest BCUT2D eigenvalue weighted by Gasteiger charge is -2.50. The first-order valence-electron chi connectivity index (χ1n) is 11.9. The standard InChI is InChI=1S/C26H29N3O7/c1-29(2)20-15-10-12-9-14-13(11-5-7-28-8-6-11)3-4-16(30)18(14)21(31)17(12)23(33)26(15,36)24(34)19(22(20)32)25(27)35/h3-5,12,15,20,28,30-31,34,36H,6-10H2,1-2H3,(H2,27,35)/t12-,15-,20-,26-/m0/s1. The molecule has 10 nitrogen and oxygen atoms in total. The Kier molecular flexibility index (Phi) is 5.58. The van der Waals surface area contributed by atoms with E-state index in [1.807, 2.05) is 6.08 Å². The van der Waals surface area contributed by atoms with Gasteiger partial charge in [-0.25, -0.2) is 0 Å². The number of ketones is 2. The highest BCUT2D eigenvalue weighted by Gasteiger charge is 2.64. The van der Waals surface area contributed by atoms with E-state index in [-0.39, 0.29) is 29.7 Å². The Morgan fingerprint density at radius 3 is 2.53 bits per heavy atom. The van der Waals surface area contributed by atoms with Gasteiger partial charge < -0.3 is 31.5 Å². The Morgan fingerprint density at radius 2 is 1.92 bits per heavy atom. The van der Waals surface area contributed by atoms with Crippen LogP contribution in [0.25, 0.3) is 11.3 Å². The first-order valence-corrected chi connectivity index (χ1v) is 11.9. The molecule has 4 aliphatic rings. The van der Waals surface area contributed by atoms with Gasteiger partial charge in [0.1, 0.15) is 22.8 Å². The largest absolute Gasteiger partial charge is 0.508 e. The van der Waals surface area contributed by atoms with Gasteiger partial charge in [0.05, 0.1) is 11.6 Å². The number of amides is 1. The third-order valence-electron chi connectivity index (χ3n) is 8.01. The van der Waals surface area contributed by atoms with Crippen LogP contribution in [0.4, 0.5) is 0 Å². The van der Waals surface area contributed by atoms with Crippen LogP contribution in [0.5, 0.6) is 5.75 Å². The fourth-order valence-electron chi connectivity index (χ4n) is 6.41. The van der Waals surface area contributed by atoms with Gasteiger partial charge in [0, 0.05) is 18.0 Å². The van der Waals surface area contributed by atoms with Crippen molar-refractivity contribution in [2.24, 2.45) is 17.6 Å². The second-order valence-electron chi connectivity index (χ2n) is 10.1. The van der Waals surface area contributed by atoms with Gasteiger partial charge in [0.25, 0.3) is 5.91 Å². The third-order valence-corrected chi connectivity index (χ3v) is 8.01. The summed E-state index contributed by atoms with van der Waals surface area (Å²) < 4.78 is 0. The van der Waals surface area contributed by atoms with Gasteiger partial charge in [-0.15, -0.1) is 0 Å². The van der Waals surface area contributed by atoms with E-state index < -0.39 is 58.0 Å². The topological polar surface area (TPSA) is 173 Å². The number of aliphatic hydroxyl groups excluding tert-OH is 2. The van der Waals surface area contributed by atoms with Crippen LogP contribution in [-0.4, -0.2) is 81.6 Å². The molecular formula is C26H29N3O7. The monoisotopic (exact) mass is 495 g/mol. The first kappa shape index (κ1) is 24.2. The molecule has 1 aliphatic heterocycles. The number of carbonyl (C=O) groups is 3. The molecule has 0 spiro atoms. The van der Waals surface area contributed by atoms with Crippen LogP contribution in [0, 0.1) is 11.8 Å². The van der Waals surface area contributed by atoms with Crippen molar-refractivity contribution in [3.63, 3.8) is 0 Å². The smallest absolute Gasteiger partial charge is 0.255 e. The third kappa shape index (κ3) is 3.18. The van der Waals surface area contributed by atoms with Crippen LogP contribution in [0.2, 0.25) is 0 Å². The maximum Gasteiger partial charge on any atom is 0.255 e. The zero-order chi connectivity index (χ0) is 26.1. The number of phenols is 1. The number of primary amides is 1. The number of benzene rings is 1. The molecule has 1 saturated carbocycles. The molecule has 0 radical (unpaired) electrons. The highest BCUT2D eigenvalue weighted by atomic mass is 16.3.